The number of thiocarbonyl (C=S) groups is 1. The van der Waals surface area contributed by atoms with Gasteiger partial charge in [0.15, 0.2) is 5.11 Å². The number of nitrogens with one attached hydrogen (secondary N) is 2. The van der Waals surface area contributed by atoms with Gasteiger partial charge in [0.25, 0.3) is 0 Å². The average molecular weight is 403 g/mol. The highest BCUT2D eigenvalue weighted by molar-refractivity contribution is 9.10. The third-order valence-corrected chi connectivity index (χ3v) is 5.66. The highest BCUT2D eigenvalue weighted by Crippen LogP contribution is 2.30. The molecule has 2 aromatic carbocycles. The van der Waals surface area contributed by atoms with Crippen LogP contribution < -0.4 is 10.6 Å². The molecule has 1 aliphatic carbocycles. The van der Waals surface area contributed by atoms with E-state index in [1.807, 2.05) is 6.08 Å². The lowest BCUT2D eigenvalue weighted by Gasteiger charge is -2.27. The molecule has 0 radical (unpaired) electrons. The number of halogens is 1. The predicted octanol–water partition coefficient (Wildman–Crippen LogP) is 4.89. The summed E-state index contributed by atoms with van der Waals surface area (Å²) in [4.78, 5) is 0. The van der Waals surface area contributed by atoms with Gasteiger partial charge in [-0.25, -0.2) is 0 Å². The van der Waals surface area contributed by atoms with Gasteiger partial charge in [0.1, 0.15) is 0 Å². The Morgan fingerprint density at radius 2 is 2.12 bits per heavy atom. The van der Waals surface area contributed by atoms with Crippen LogP contribution >= 0.6 is 28.1 Å². The lowest BCUT2D eigenvalue weighted by Crippen LogP contribution is -2.45. The van der Waals surface area contributed by atoms with E-state index in [-0.39, 0.29) is 0 Å². The number of fused-ring (bicyclic) bond motifs is 1. The topological polar surface area (TPSA) is 24.1 Å². The molecule has 0 amide bonds. The number of hydrogen-bond acceptors (Lipinski definition) is 1. The first-order chi connectivity index (χ1) is 11.7. The molecule has 0 bridgehead atoms. The van der Waals surface area contributed by atoms with E-state index in [9.17, 15) is 0 Å². The van der Waals surface area contributed by atoms with Crippen LogP contribution in [0.15, 0.2) is 47.5 Å². The fraction of sp³-hybridized carbons (Fsp3) is 0.350. The van der Waals surface area contributed by atoms with Gasteiger partial charge in [-0.3, -0.25) is 0 Å². The van der Waals surface area contributed by atoms with E-state index in [2.05, 4.69) is 63.5 Å². The average Bonchev–Trinajstić information content (AvgIpc) is 2.54. The zero-order valence-electron chi connectivity index (χ0n) is 13.8. The van der Waals surface area contributed by atoms with E-state index in [1.54, 1.807) is 0 Å². The largest absolute Gasteiger partial charge is 0.362 e. The summed E-state index contributed by atoms with van der Waals surface area (Å²) in [6.45, 7) is 4.75. The van der Waals surface area contributed by atoms with E-state index in [0.29, 0.717) is 6.04 Å². The van der Waals surface area contributed by atoms with Gasteiger partial charge in [-0.2, -0.15) is 0 Å². The molecule has 1 fully saturated rings. The monoisotopic (exact) mass is 402 g/mol. The van der Waals surface area contributed by atoms with Crippen molar-refractivity contribution >= 4 is 44.0 Å². The van der Waals surface area contributed by atoms with Gasteiger partial charge in [0, 0.05) is 17.1 Å². The van der Waals surface area contributed by atoms with Crippen molar-refractivity contribution < 1.29 is 0 Å². The second kappa shape index (κ2) is 8.13. The lowest BCUT2D eigenvalue weighted by molar-refractivity contribution is 0.382. The summed E-state index contributed by atoms with van der Waals surface area (Å²) in [5, 5.41) is 10.1. The Bertz CT molecular complexity index is 753. The summed E-state index contributed by atoms with van der Waals surface area (Å²) in [5.74, 6) is 0. The summed E-state index contributed by atoms with van der Waals surface area (Å²) in [6, 6.07) is 11.4. The molecule has 4 heteroatoms. The molecule has 0 spiro atoms. The normalized spacial score (nSPS) is 14.2. The smallest absolute Gasteiger partial charge is 0.166 e. The van der Waals surface area contributed by atoms with Crippen molar-refractivity contribution in [2.45, 2.75) is 38.1 Å². The summed E-state index contributed by atoms with van der Waals surface area (Å²) in [5.41, 5.74) is 2.66. The van der Waals surface area contributed by atoms with E-state index in [0.717, 1.165) is 29.0 Å². The fourth-order valence-electron chi connectivity index (χ4n) is 3.16. The Labute approximate surface area is 157 Å². The molecule has 2 nitrogen and oxygen atoms in total. The molecule has 3 rings (SSSR count). The van der Waals surface area contributed by atoms with Crippen LogP contribution in [-0.2, 0) is 12.8 Å². The van der Waals surface area contributed by atoms with Crippen LogP contribution in [0.5, 0.6) is 0 Å². The first kappa shape index (κ1) is 17.4. The minimum absolute atomic E-state index is 0.581. The Morgan fingerprint density at radius 1 is 1.29 bits per heavy atom. The van der Waals surface area contributed by atoms with E-state index in [1.165, 1.54) is 41.2 Å². The van der Waals surface area contributed by atoms with Crippen LogP contribution in [-0.4, -0.2) is 17.7 Å². The lowest BCUT2D eigenvalue weighted by atomic mass is 9.93. The van der Waals surface area contributed by atoms with E-state index >= 15 is 0 Å². The van der Waals surface area contributed by atoms with Gasteiger partial charge < -0.3 is 10.6 Å². The van der Waals surface area contributed by atoms with E-state index < -0.39 is 0 Å². The van der Waals surface area contributed by atoms with Gasteiger partial charge in [-0.15, -0.1) is 6.58 Å². The van der Waals surface area contributed by atoms with Crippen molar-refractivity contribution in [3.05, 3.63) is 58.6 Å². The number of rotatable bonds is 6. The summed E-state index contributed by atoms with van der Waals surface area (Å²) >= 11 is 9.08. The van der Waals surface area contributed by atoms with Crippen LogP contribution in [0.3, 0.4) is 0 Å². The van der Waals surface area contributed by atoms with Crippen LogP contribution in [0.2, 0.25) is 0 Å². The van der Waals surface area contributed by atoms with Crippen molar-refractivity contribution in [2.24, 2.45) is 0 Å². The van der Waals surface area contributed by atoms with Crippen LogP contribution in [0, 0.1) is 0 Å². The Balaban J connectivity index is 1.72. The van der Waals surface area contributed by atoms with Crippen molar-refractivity contribution in [3.8, 4) is 0 Å². The molecular formula is C20H23BrN2S. The van der Waals surface area contributed by atoms with Gasteiger partial charge >= 0.3 is 0 Å². The molecule has 126 valence electrons. The number of allylic oxidation sites excluding steroid dienone is 1. The van der Waals surface area contributed by atoms with Crippen LogP contribution in [0.4, 0.5) is 0 Å². The number of hydrogen-bond donors (Lipinski definition) is 2. The molecule has 0 aliphatic heterocycles. The van der Waals surface area contributed by atoms with Crippen LogP contribution in [0.1, 0.15) is 30.4 Å². The van der Waals surface area contributed by atoms with E-state index in [4.69, 9.17) is 12.2 Å². The van der Waals surface area contributed by atoms with Gasteiger partial charge in [-0.05, 0) is 72.3 Å². The highest BCUT2D eigenvalue weighted by atomic mass is 79.9. The number of benzene rings is 2. The highest BCUT2D eigenvalue weighted by Gasteiger charge is 2.17. The quantitative estimate of drug-likeness (QED) is 0.531. The standard InChI is InChI=1S/C20H23BrN2S/c1-2-5-17-18(21)11-10-14-6-3-7-15(19(14)17)12-13-22-20(24)23-16-8-4-9-16/h2-3,6-7,10-11,16H,1,4-5,8-9,12-13H2,(H2,22,23,24). The van der Waals surface area contributed by atoms with Crippen molar-refractivity contribution in [1.29, 1.82) is 0 Å². The Hall–Kier alpha value is -1.39. The molecule has 0 unspecified atom stereocenters. The molecule has 0 saturated heterocycles. The minimum atomic E-state index is 0.581. The van der Waals surface area contributed by atoms with Crippen LogP contribution in [0.25, 0.3) is 10.8 Å². The summed E-state index contributed by atoms with van der Waals surface area (Å²) in [6.07, 6.45) is 7.58. The zero-order valence-corrected chi connectivity index (χ0v) is 16.2. The van der Waals surface area contributed by atoms with Crippen molar-refractivity contribution in [1.82, 2.24) is 10.6 Å². The van der Waals surface area contributed by atoms with Crippen molar-refractivity contribution in [2.75, 3.05) is 6.54 Å². The molecule has 2 aromatic rings. The predicted molar refractivity (Wildman–Crippen MR) is 111 cm³/mol. The SMILES string of the molecule is C=CCc1c(Br)ccc2cccc(CCNC(=S)NC3CCC3)c12. The maximum absolute atomic E-state index is 5.39. The molecular weight excluding hydrogens is 380 g/mol. The van der Waals surface area contributed by atoms with Gasteiger partial charge in [0.2, 0.25) is 0 Å². The first-order valence-electron chi connectivity index (χ1n) is 8.53. The Morgan fingerprint density at radius 3 is 2.83 bits per heavy atom. The minimum Gasteiger partial charge on any atom is -0.362 e. The molecule has 0 heterocycles. The molecule has 0 atom stereocenters. The molecule has 1 aliphatic rings. The van der Waals surface area contributed by atoms with Crippen molar-refractivity contribution in [3.63, 3.8) is 0 Å². The van der Waals surface area contributed by atoms with Gasteiger partial charge in [-0.1, -0.05) is 46.3 Å². The fourth-order valence-corrected chi connectivity index (χ4v) is 3.92. The zero-order chi connectivity index (χ0) is 16.9. The first-order valence-corrected chi connectivity index (χ1v) is 9.73. The maximum Gasteiger partial charge on any atom is 0.166 e. The second-order valence-electron chi connectivity index (χ2n) is 6.31. The maximum atomic E-state index is 5.39. The second-order valence-corrected chi connectivity index (χ2v) is 7.57. The molecule has 2 N–H and O–H groups in total. The third kappa shape index (κ3) is 3.98. The third-order valence-electron chi connectivity index (χ3n) is 4.65. The summed E-state index contributed by atoms with van der Waals surface area (Å²) in [7, 11) is 0. The van der Waals surface area contributed by atoms with Gasteiger partial charge in [0.05, 0.1) is 0 Å². The Kier molecular flexibility index (Phi) is 5.90. The molecule has 1 saturated carbocycles. The summed E-state index contributed by atoms with van der Waals surface area (Å²) < 4.78 is 1.15. The molecule has 0 aromatic heterocycles. The molecule has 24 heavy (non-hydrogen) atoms.